The summed E-state index contributed by atoms with van der Waals surface area (Å²) in [5, 5.41) is 94.1. The van der Waals surface area contributed by atoms with Crippen molar-refractivity contribution in [3.05, 3.63) is 42.7 Å². The largest absolute Gasteiger partial charge is 0.394 e. The first-order chi connectivity index (χ1) is 25.4. The number of nitrogens with zero attached hydrogens (tertiary/aromatic N) is 7. The van der Waals surface area contributed by atoms with Crippen LogP contribution < -0.4 is 27.0 Å². The third kappa shape index (κ3) is 7.57. The lowest BCUT2D eigenvalue weighted by Gasteiger charge is -2.50. The van der Waals surface area contributed by atoms with Gasteiger partial charge in [-0.1, -0.05) is 0 Å². The van der Waals surface area contributed by atoms with E-state index in [4.69, 9.17) is 15.9 Å². The van der Waals surface area contributed by atoms with Crippen molar-refractivity contribution in [1.29, 1.82) is 5.41 Å². The highest BCUT2D eigenvalue weighted by atomic mass is 16.6. The molecule has 8 unspecified atom stereocenters. The summed E-state index contributed by atoms with van der Waals surface area (Å²) in [7, 11) is 0. The average molecular weight is 747 g/mol. The Morgan fingerprint density at radius 2 is 1.74 bits per heavy atom. The number of amides is 2. The number of aliphatic hydroxyl groups is 7. The molecule has 3 aliphatic rings. The van der Waals surface area contributed by atoms with Gasteiger partial charge in [-0.25, -0.2) is 19.9 Å². The molecule has 3 saturated heterocycles. The van der Waals surface area contributed by atoms with Gasteiger partial charge in [-0.3, -0.25) is 24.7 Å². The van der Waals surface area contributed by atoms with Gasteiger partial charge in [-0.05, 0) is 12.1 Å². The molecule has 11 atom stereocenters. The second kappa shape index (κ2) is 16.7. The summed E-state index contributed by atoms with van der Waals surface area (Å²) in [6.45, 7) is -3.42. The maximum absolute atomic E-state index is 14.8. The Bertz CT molecular complexity index is 1630. The van der Waals surface area contributed by atoms with E-state index in [0.29, 0.717) is 0 Å². The van der Waals surface area contributed by atoms with Crippen molar-refractivity contribution in [2.45, 2.75) is 66.6 Å². The first-order valence-electron chi connectivity index (χ1n) is 16.1. The molecule has 2 aromatic rings. The Labute approximate surface area is 300 Å². The van der Waals surface area contributed by atoms with Gasteiger partial charge in [0, 0.05) is 24.8 Å². The first-order valence-corrected chi connectivity index (χ1v) is 16.1. The maximum Gasteiger partial charge on any atom is 0.252 e. The number of nitrogens with two attached hydrogens (primary N) is 1. The molecule has 53 heavy (non-hydrogen) atoms. The molecule has 0 aliphatic carbocycles. The molecule has 5 rings (SSSR count). The number of carbonyl (C=O) groups is 2. The monoisotopic (exact) mass is 746 g/mol. The first kappa shape index (κ1) is 39.2. The van der Waals surface area contributed by atoms with E-state index in [9.17, 15) is 50.1 Å². The summed E-state index contributed by atoms with van der Waals surface area (Å²) in [6.07, 6.45) is -5.70. The lowest BCUT2D eigenvalue weighted by atomic mass is 9.83. The molecule has 1 radical (unpaired) electrons. The molecular weight excluding hydrogens is 706 g/mol. The van der Waals surface area contributed by atoms with Gasteiger partial charge in [-0.2, -0.15) is 4.99 Å². The number of rotatable bonds is 14. The minimum atomic E-state index is -2.30. The molecule has 287 valence electrons. The third-order valence-corrected chi connectivity index (χ3v) is 8.94. The molecule has 3 fully saturated rings. The van der Waals surface area contributed by atoms with Crippen molar-refractivity contribution in [3.63, 3.8) is 0 Å². The second-order valence-corrected chi connectivity index (χ2v) is 12.1. The van der Waals surface area contributed by atoms with E-state index in [1.165, 1.54) is 30.9 Å². The van der Waals surface area contributed by atoms with Gasteiger partial charge in [0.15, 0.2) is 23.6 Å². The number of carbonyl (C=O) groups excluding carboxylic acids is 3. The second-order valence-electron chi connectivity index (χ2n) is 12.1. The molecule has 24 heteroatoms. The van der Waals surface area contributed by atoms with Gasteiger partial charge >= 0.3 is 0 Å². The van der Waals surface area contributed by atoms with E-state index >= 15 is 0 Å². The Morgan fingerprint density at radius 1 is 1.08 bits per heavy atom. The number of aliphatic hydroxyl groups excluding tert-OH is 7. The SMILES string of the molecule is N=C1NCC(c2ncccn2)(C(O)[C@H](NC(=O)[C@@H](N)CO)C(=O)N(C2CNC(=Nc3ncccn3)N2)[C@H]([C]=O)CO)N1C1OC(CO)C(O)C(O)C1O. The van der Waals surface area contributed by atoms with E-state index in [1.807, 2.05) is 0 Å². The Hall–Kier alpha value is -5.05. The summed E-state index contributed by atoms with van der Waals surface area (Å²) in [5.41, 5.74) is 3.49. The van der Waals surface area contributed by atoms with Crippen LogP contribution in [0.15, 0.2) is 41.9 Å². The Balaban J connectivity index is 1.63. The smallest absolute Gasteiger partial charge is 0.252 e. The van der Waals surface area contributed by atoms with Crippen LogP contribution in [0, 0.1) is 5.41 Å². The van der Waals surface area contributed by atoms with Gasteiger partial charge in [-0.15, -0.1) is 0 Å². The van der Waals surface area contributed by atoms with Gasteiger partial charge in [0.25, 0.3) is 5.95 Å². The van der Waals surface area contributed by atoms with E-state index < -0.39 is 111 Å². The number of guanidine groups is 2. The highest BCUT2D eigenvalue weighted by Crippen LogP contribution is 2.40. The van der Waals surface area contributed by atoms with Crippen molar-refractivity contribution in [2.75, 3.05) is 32.9 Å². The number of hydrogen-bond acceptors (Lipinski definition) is 18. The number of hydrogen-bond donors (Lipinski definition) is 13. The lowest BCUT2D eigenvalue weighted by Crippen LogP contribution is -2.72. The van der Waals surface area contributed by atoms with E-state index in [-0.39, 0.29) is 24.3 Å². The molecule has 24 nitrogen and oxygen atoms in total. The van der Waals surface area contributed by atoms with Gasteiger partial charge in [0.1, 0.15) is 54.8 Å². The minimum absolute atomic E-state index is 0.0227. The van der Waals surface area contributed by atoms with Gasteiger partial charge in [0.2, 0.25) is 24.1 Å². The van der Waals surface area contributed by atoms with Crippen LogP contribution in [-0.2, 0) is 24.7 Å². The number of aromatic nitrogens is 4. The molecule has 0 saturated carbocycles. The number of aliphatic imine (C=N–C) groups is 1. The molecule has 2 amide bonds. The molecule has 0 spiro atoms. The number of nitrogens with one attached hydrogen (secondary N) is 5. The van der Waals surface area contributed by atoms with Crippen LogP contribution in [0.3, 0.4) is 0 Å². The summed E-state index contributed by atoms with van der Waals surface area (Å²) in [6, 6.07) is -2.58. The van der Waals surface area contributed by atoms with Crippen molar-refractivity contribution in [1.82, 2.24) is 51.0 Å². The summed E-state index contributed by atoms with van der Waals surface area (Å²) < 4.78 is 5.76. The van der Waals surface area contributed by atoms with E-state index in [0.717, 1.165) is 9.80 Å². The molecule has 5 heterocycles. The summed E-state index contributed by atoms with van der Waals surface area (Å²) in [4.78, 5) is 62.6. The Kier molecular flexibility index (Phi) is 12.4. The molecule has 2 aromatic heterocycles. The van der Waals surface area contributed by atoms with Crippen LogP contribution in [0.2, 0.25) is 0 Å². The highest BCUT2D eigenvalue weighted by Gasteiger charge is 2.62. The van der Waals surface area contributed by atoms with Crippen LogP contribution in [0.5, 0.6) is 0 Å². The fourth-order valence-electron chi connectivity index (χ4n) is 6.23. The molecule has 14 N–H and O–H groups in total. The highest BCUT2D eigenvalue weighted by molar-refractivity contribution is 5.93. The minimum Gasteiger partial charge on any atom is -0.394 e. The van der Waals surface area contributed by atoms with Crippen LogP contribution in [0.1, 0.15) is 5.82 Å². The van der Waals surface area contributed by atoms with Gasteiger partial charge < -0.3 is 72.4 Å². The van der Waals surface area contributed by atoms with E-state index in [1.54, 1.807) is 12.4 Å². The summed E-state index contributed by atoms with van der Waals surface area (Å²) >= 11 is 0. The maximum atomic E-state index is 14.8. The molecular formula is C29H40N13O11. The topological polar surface area (TPSA) is 370 Å². The zero-order chi connectivity index (χ0) is 38.4. The van der Waals surface area contributed by atoms with Crippen LogP contribution in [0.25, 0.3) is 0 Å². The van der Waals surface area contributed by atoms with Gasteiger partial charge in [0.05, 0.1) is 32.9 Å². The molecule has 0 bridgehead atoms. The van der Waals surface area contributed by atoms with Crippen LogP contribution in [-0.4, -0.2) is 189 Å². The van der Waals surface area contributed by atoms with Crippen molar-refractivity contribution in [2.24, 2.45) is 10.7 Å². The summed E-state index contributed by atoms with van der Waals surface area (Å²) in [5.74, 6) is -3.23. The molecule has 3 aliphatic heterocycles. The lowest BCUT2D eigenvalue weighted by molar-refractivity contribution is -0.269. The van der Waals surface area contributed by atoms with E-state index in [2.05, 4.69) is 46.2 Å². The predicted octanol–water partition coefficient (Wildman–Crippen LogP) is -8.23. The number of ether oxygens (including phenoxy) is 1. The normalized spacial score (nSPS) is 30.0. The van der Waals surface area contributed by atoms with Crippen LogP contribution in [0.4, 0.5) is 5.95 Å². The predicted molar refractivity (Wildman–Crippen MR) is 176 cm³/mol. The van der Waals surface area contributed by atoms with Crippen molar-refractivity contribution in [3.8, 4) is 0 Å². The quantitative estimate of drug-likeness (QED) is 0.0853. The van der Waals surface area contributed by atoms with Crippen molar-refractivity contribution < 1.29 is 54.9 Å². The standard InChI is InChI=1S/C29H40N13O11/c30-14(10-45)22(51)39-17(23(52)41(13(8-43)9-44)16-7-36-28(38-16)40-27-34-5-2-6-35-27)21(50)29(25-32-3-1-4-33-25)12-37-26(31)42(29)24-20(49)19(48)18(47)15(11-46)53-24/h1-6,13-21,24,43,45-50H,7-8,10-12,30H2,(H2,31,37)(H,39,51)(H2,34,35,36,38,40)/t13-,14-,15?,16?,17-,18?,19?,20?,21?,24?,29?/m0/s1. The Morgan fingerprint density at radius 3 is 2.34 bits per heavy atom. The fourth-order valence-corrected chi connectivity index (χ4v) is 6.23. The van der Waals surface area contributed by atoms with Crippen molar-refractivity contribution >= 4 is 36.0 Å². The third-order valence-electron chi connectivity index (χ3n) is 8.94. The molecule has 0 aromatic carbocycles. The fraction of sp³-hybridized carbons (Fsp3) is 0.552. The average Bonchev–Trinajstić information content (AvgIpc) is 3.79. The zero-order valence-electron chi connectivity index (χ0n) is 27.7. The van der Waals surface area contributed by atoms with Crippen LogP contribution >= 0.6 is 0 Å². The zero-order valence-corrected chi connectivity index (χ0v) is 27.7.